The van der Waals surface area contributed by atoms with Crippen molar-refractivity contribution in [3.05, 3.63) is 58.1 Å². The zero-order chi connectivity index (χ0) is 11.7. The lowest BCUT2D eigenvalue weighted by Gasteiger charge is -2.09. The van der Waals surface area contributed by atoms with E-state index in [1.54, 1.807) is 0 Å². The Balaban J connectivity index is 2.59. The van der Waals surface area contributed by atoms with Crippen molar-refractivity contribution in [2.45, 2.75) is 20.8 Å². The predicted octanol–water partition coefficient (Wildman–Crippen LogP) is 4.93. The van der Waals surface area contributed by atoms with Crippen molar-refractivity contribution in [1.82, 2.24) is 0 Å². The Kier molecular flexibility index (Phi) is 3.02. The molecule has 0 aromatic heterocycles. The van der Waals surface area contributed by atoms with Gasteiger partial charge in [-0.3, -0.25) is 0 Å². The van der Waals surface area contributed by atoms with Crippen LogP contribution in [-0.4, -0.2) is 0 Å². The van der Waals surface area contributed by atoms with Gasteiger partial charge in [0, 0.05) is 10.6 Å². The molecule has 0 aliphatic heterocycles. The van der Waals surface area contributed by atoms with E-state index in [1.807, 2.05) is 6.07 Å². The number of benzene rings is 2. The second-order valence-corrected chi connectivity index (χ2v) is 4.71. The highest BCUT2D eigenvalue weighted by Crippen LogP contribution is 2.31. The summed E-state index contributed by atoms with van der Waals surface area (Å²) in [4.78, 5) is 0. The third kappa shape index (κ3) is 2.12. The van der Waals surface area contributed by atoms with Gasteiger partial charge in [-0.25, -0.2) is 0 Å². The maximum absolute atomic E-state index is 6.28. The molecule has 0 aliphatic rings. The summed E-state index contributed by atoms with van der Waals surface area (Å²) in [7, 11) is 0. The van der Waals surface area contributed by atoms with Crippen LogP contribution in [0.1, 0.15) is 16.7 Å². The lowest BCUT2D eigenvalue weighted by molar-refractivity contribution is 1.37. The first kappa shape index (κ1) is 11.2. The third-order valence-electron chi connectivity index (χ3n) is 2.80. The Morgan fingerprint density at radius 2 is 1.31 bits per heavy atom. The average molecular weight is 231 g/mol. The summed E-state index contributed by atoms with van der Waals surface area (Å²) < 4.78 is 0. The van der Waals surface area contributed by atoms with E-state index in [2.05, 4.69) is 51.1 Å². The van der Waals surface area contributed by atoms with Gasteiger partial charge in [0.2, 0.25) is 0 Å². The molecule has 2 aromatic rings. The van der Waals surface area contributed by atoms with Crippen LogP contribution in [0.5, 0.6) is 0 Å². The number of hydrogen-bond acceptors (Lipinski definition) is 0. The van der Waals surface area contributed by atoms with Crippen molar-refractivity contribution in [3.8, 4) is 11.1 Å². The predicted molar refractivity (Wildman–Crippen MR) is 71.1 cm³/mol. The molecule has 0 saturated carbocycles. The Morgan fingerprint density at radius 1 is 0.750 bits per heavy atom. The minimum Gasteiger partial charge on any atom is -0.0837 e. The summed E-state index contributed by atoms with van der Waals surface area (Å²) in [6.45, 7) is 6.28. The van der Waals surface area contributed by atoms with Crippen LogP contribution in [-0.2, 0) is 0 Å². The first-order valence-corrected chi connectivity index (χ1v) is 5.79. The molecule has 0 unspecified atom stereocenters. The minimum absolute atomic E-state index is 0.826. The monoisotopic (exact) mass is 230 g/mol. The molecule has 2 aromatic carbocycles. The Morgan fingerprint density at radius 3 is 1.88 bits per heavy atom. The fourth-order valence-electron chi connectivity index (χ4n) is 1.95. The van der Waals surface area contributed by atoms with E-state index in [4.69, 9.17) is 11.6 Å². The molecule has 0 radical (unpaired) electrons. The quantitative estimate of drug-likeness (QED) is 0.652. The van der Waals surface area contributed by atoms with Gasteiger partial charge in [0.15, 0.2) is 0 Å². The molecule has 0 nitrogen and oxygen atoms in total. The Labute approximate surface area is 102 Å². The fourth-order valence-corrected chi connectivity index (χ4v) is 2.29. The third-order valence-corrected chi connectivity index (χ3v) is 3.11. The number of aryl methyl sites for hydroxylation is 3. The zero-order valence-corrected chi connectivity index (χ0v) is 10.6. The fraction of sp³-hybridized carbons (Fsp3) is 0.200. The Bertz CT molecular complexity index is 477. The van der Waals surface area contributed by atoms with Gasteiger partial charge in [-0.05, 0) is 43.5 Å². The van der Waals surface area contributed by atoms with Crippen LogP contribution in [0.3, 0.4) is 0 Å². The molecule has 0 fully saturated rings. The molecule has 0 atom stereocenters. The van der Waals surface area contributed by atoms with Crippen molar-refractivity contribution < 1.29 is 0 Å². The van der Waals surface area contributed by atoms with Gasteiger partial charge in [-0.2, -0.15) is 0 Å². The van der Waals surface area contributed by atoms with Gasteiger partial charge in [0.05, 0.1) is 0 Å². The first-order chi connectivity index (χ1) is 7.58. The van der Waals surface area contributed by atoms with Crippen LogP contribution in [0, 0.1) is 20.8 Å². The molecule has 0 spiro atoms. The number of halogens is 1. The molecule has 0 amide bonds. The van der Waals surface area contributed by atoms with Crippen LogP contribution < -0.4 is 0 Å². The topological polar surface area (TPSA) is 0 Å². The first-order valence-electron chi connectivity index (χ1n) is 5.42. The maximum atomic E-state index is 6.28. The standard InChI is InChI=1S/C15H15Cl/c1-10-4-6-13(12(3)8-10)14-7-5-11(2)9-15(14)16/h4-9H,1-3H3. The largest absolute Gasteiger partial charge is 0.0837 e. The molecular formula is C15H15Cl. The normalized spacial score (nSPS) is 10.5. The van der Waals surface area contributed by atoms with Gasteiger partial charge < -0.3 is 0 Å². The van der Waals surface area contributed by atoms with E-state index in [0.717, 1.165) is 10.6 Å². The second-order valence-electron chi connectivity index (χ2n) is 4.30. The molecular weight excluding hydrogens is 216 g/mol. The summed E-state index contributed by atoms with van der Waals surface area (Å²) in [5.41, 5.74) is 6.08. The van der Waals surface area contributed by atoms with Crippen LogP contribution in [0.4, 0.5) is 0 Å². The minimum atomic E-state index is 0.826. The van der Waals surface area contributed by atoms with Gasteiger partial charge in [-0.1, -0.05) is 47.5 Å². The molecule has 82 valence electrons. The number of rotatable bonds is 1. The zero-order valence-electron chi connectivity index (χ0n) is 9.84. The van der Waals surface area contributed by atoms with E-state index in [-0.39, 0.29) is 0 Å². The Hall–Kier alpha value is -1.27. The van der Waals surface area contributed by atoms with Crippen LogP contribution in [0.25, 0.3) is 11.1 Å². The van der Waals surface area contributed by atoms with E-state index in [0.29, 0.717) is 0 Å². The molecule has 0 saturated heterocycles. The molecule has 0 bridgehead atoms. The van der Waals surface area contributed by atoms with Crippen molar-refractivity contribution in [2.24, 2.45) is 0 Å². The van der Waals surface area contributed by atoms with E-state index in [9.17, 15) is 0 Å². The van der Waals surface area contributed by atoms with E-state index >= 15 is 0 Å². The van der Waals surface area contributed by atoms with Gasteiger partial charge in [0.1, 0.15) is 0 Å². The smallest absolute Gasteiger partial charge is 0.0487 e. The van der Waals surface area contributed by atoms with Crippen LogP contribution >= 0.6 is 11.6 Å². The maximum Gasteiger partial charge on any atom is 0.0487 e. The molecule has 0 aliphatic carbocycles. The van der Waals surface area contributed by atoms with Crippen molar-refractivity contribution in [3.63, 3.8) is 0 Å². The number of hydrogen-bond donors (Lipinski definition) is 0. The molecule has 2 rings (SSSR count). The van der Waals surface area contributed by atoms with Gasteiger partial charge >= 0.3 is 0 Å². The lowest BCUT2D eigenvalue weighted by Crippen LogP contribution is -1.86. The second kappa shape index (κ2) is 4.31. The SMILES string of the molecule is Cc1ccc(-c2ccc(C)cc2Cl)c(C)c1. The van der Waals surface area contributed by atoms with E-state index in [1.165, 1.54) is 22.3 Å². The van der Waals surface area contributed by atoms with Crippen molar-refractivity contribution in [2.75, 3.05) is 0 Å². The van der Waals surface area contributed by atoms with Crippen molar-refractivity contribution >= 4 is 11.6 Å². The summed E-state index contributed by atoms with van der Waals surface area (Å²) in [5.74, 6) is 0. The summed E-state index contributed by atoms with van der Waals surface area (Å²) in [6, 6.07) is 12.7. The molecule has 1 heteroatoms. The van der Waals surface area contributed by atoms with Gasteiger partial charge in [-0.15, -0.1) is 0 Å². The van der Waals surface area contributed by atoms with Crippen molar-refractivity contribution in [1.29, 1.82) is 0 Å². The molecule has 0 heterocycles. The molecule has 16 heavy (non-hydrogen) atoms. The lowest BCUT2D eigenvalue weighted by atomic mass is 9.98. The summed E-state index contributed by atoms with van der Waals surface area (Å²) in [6.07, 6.45) is 0. The van der Waals surface area contributed by atoms with Gasteiger partial charge in [0.25, 0.3) is 0 Å². The highest BCUT2D eigenvalue weighted by atomic mass is 35.5. The van der Waals surface area contributed by atoms with Crippen LogP contribution in [0.15, 0.2) is 36.4 Å². The summed E-state index contributed by atoms with van der Waals surface area (Å²) >= 11 is 6.28. The molecule has 0 N–H and O–H groups in total. The highest BCUT2D eigenvalue weighted by Gasteiger charge is 2.06. The van der Waals surface area contributed by atoms with Crippen LogP contribution in [0.2, 0.25) is 5.02 Å². The average Bonchev–Trinajstić information content (AvgIpc) is 2.19. The van der Waals surface area contributed by atoms with E-state index < -0.39 is 0 Å². The highest BCUT2D eigenvalue weighted by molar-refractivity contribution is 6.33. The summed E-state index contributed by atoms with van der Waals surface area (Å²) in [5, 5.41) is 0.826.